The third-order valence-electron chi connectivity index (χ3n) is 4.96. The normalized spacial score (nSPS) is 16.9. The van der Waals surface area contributed by atoms with E-state index in [2.05, 4.69) is 33.5 Å². The molecule has 0 spiro atoms. The van der Waals surface area contributed by atoms with Gasteiger partial charge in [-0.15, -0.1) is 0 Å². The first-order valence-electron chi connectivity index (χ1n) is 8.84. The first-order valence-corrected chi connectivity index (χ1v) is 8.84. The third kappa shape index (κ3) is 3.39. The van der Waals surface area contributed by atoms with E-state index < -0.39 is 0 Å². The summed E-state index contributed by atoms with van der Waals surface area (Å²) < 4.78 is 1.82. The minimum atomic E-state index is -0.117. The van der Waals surface area contributed by atoms with Gasteiger partial charge in [0.1, 0.15) is 0 Å². The Hall–Kier alpha value is -2.92. The van der Waals surface area contributed by atoms with Crippen molar-refractivity contribution in [1.29, 1.82) is 0 Å². The minimum Gasteiger partial charge on any atom is -0.351 e. The molecule has 1 N–H and O–H groups in total. The number of amides is 1. The van der Waals surface area contributed by atoms with Crippen LogP contribution in [-0.4, -0.2) is 33.7 Å². The molecule has 0 bridgehead atoms. The van der Waals surface area contributed by atoms with Crippen LogP contribution in [0.25, 0.3) is 5.69 Å². The summed E-state index contributed by atoms with van der Waals surface area (Å²) in [4.78, 5) is 14.8. The fourth-order valence-corrected chi connectivity index (χ4v) is 3.44. The Morgan fingerprint density at radius 3 is 2.62 bits per heavy atom. The van der Waals surface area contributed by atoms with E-state index in [9.17, 15) is 4.79 Å². The van der Waals surface area contributed by atoms with Gasteiger partial charge < -0.3 is 5.32 Å². The fourth-order valence-electron chi connectivity index (χ4n) is 3.44. The van der Waals surface area contributed by atoms with Crippen LogP contribution in [0.2, 0.25) is 0 Å². The lowest BCUT2D eigenvalue weighted by molar-refractivity contribution is -0.126. The molecule has 0 saturated carbocycles. The van der Waals surface area contributed by atoms with Crippen LogP contribution in [-0.2, 0) is 24.3 Å². The fraction of sp³-hybridized carbons (Fsp3) is 0.238. The van der Waals surface area contributed by atoms with Gasteiger partial charge >= 0.3 is 0 Å². The Morgan fingerprint density at radius 2 is 1.88 bits per heavy atom. The van der Waals surface area contributed by atoms with E-state index in [-0.39, 0.29) is 11.9 Å². The summed E-state index contributed by atoms with van der Waals surface area (Å²) in [6.45, 7) is 1.34. The molecule has 0 fully saturated rings. The molecule has 4 rings (SSSR count). The van der Waals surface area contributed by atoms with Crippen molar-refractivity contribution in [1.82, 2.24) is 20.0 Å². The molecule has 1 aromatic heterocycles. The molecule has 132 valence electrons. The Bertz CT molecular complexity index is 887. The van der Waals surface area contributed by atoms with Crippen molar-refractivity contribution in [3.63, 3.8) is 0 Å². The van der Waals surface area contributed by atoms with Crippen molar-refractivity contribution in [2.75, 3.05) is 7.05 Å². The molecule has 2 aromatic carbocycles. The molecule has 5 heteroatoms. The molecule has 3 aromatic rings. The van der Waals surface area contributed by atoms with Crippen molar-refractivity contribution >= 4 is 5.91 Å². The minimum absolute atomic E-state index is 0.0816. The van der Waals surface area contributed by atoms with Crippen molar-refractivity contribution in [3.05, 3.63) is 83.7 Å². The van der Waals surface area contributed by atoms with E-state index in [4.69, 9.17) is 0 Å². The van der Waals surface area contributed by atoms with Crippen LogP contribution in [0.4, 0.5) is 0 Å². The second kappa shape index (κ2) is 7.14. The van der Waals surface area contributed by atoms with Crippen LogP contribution in [0.3, 0.4) is 0 Å². The molecular weight excluding hydrogens is 324 g/mol. The molecule has 0 saturated heterocycles. The van der Waals surface area contributed by atoms with E-state index in [0.717, 1.165) is 24.2 Å². The lowest BCUT2D eigenvalue weighted by atomic mass is 9.94. The Morgan fingerprint density at radius 1 is 1.12 bits per heavy atom. The first-order chi connectivity index (χ1) is 12.7. The number of rotatable bonds is 4. The van der Waals surface area contributed by atoms with E-state index in [1.54, 1.807) is 6.20 Å². The molecule has 1 aliphatic rings. The number of carbonyl (C=O) groups excluding carboxylic acids is 1. The lowest BCUT2D eigenvalue weighted by Crippen LogP contribution is -2.48. The van der Waals surface area contributed by atoms with Crippen molar-refractivity contribution < 1.29 is 4.79 Å². The lowest BCUT2D eigenvalue weighted by Gasteiger charge is -2.33. The van der Waals surface area contributed by atoms with Crippen molar-refractivity contribution in [3.8, 4) is 5.69 Å². The highest BCUT2D eigenvalue weighted by Crippen LogP contribution is 2.22. The number of carbonyl (C=O) groups is 1. The zero-order chi connectivity index (χ0) is 17.9. The van der Waals surface area contributed by atoms with E-state index >= 15 is 0 Å². The van der Waals surface area contributed by atoms with Gasteiger partial charge in [-0.3, -0.25) is 9.69 Å². The van der Waals surface area contributed by atoms with Gasteiger partial charge in [-0.05, 0) is 48.4 Å². The first kappa shape index (κ1) is 16.5. The van der Waals surface area contributed by atoms with Crippen molar-refractivity contribution in [2.24, 2.45) is 0 Å². The summed E-state index contributed by atoms with van der Waals surface area (Å²) in [6.07, 6.45) is 4.43. The van der Waals surface area contributed by atoms with E-state index in [1.165, 1.54) is 11.1 Å². The molecule has 1 atom stereocenters. The van der Waals surface area contributed by atoms with Gasteiger partial charge in [-0.2, -0.15) is 5.10 Å². The average molecular weight is 346 g/mol. The number of nitrogens with zero attached hydrogens (tertiary/aromatic N) is 3. The van der Waals surface area contributed by atoms with E-state index in [1.807, 2.05) is 54.3 Å². The standard InChI is InChI=1S/C21H22N4O/c1-24-15-18-6-3-2-5-17(18)13-20(24)21(26)22-14-16-7-9-19(10-8-16)25-12-4-11-23-25/h2-12,20H,13-15H2,1H3,(H,22,26)/t20-/m0/s1. The second-order valence-electron chi connectivity index (χ2n) is 6.74. The monoisotopic (exact) mass is 346 g/mol. The topological polar surface area (TPSA) is 50.2 Å². The van der Waals surface area contributed by atoms with Gasteiger partial charge in [-0.1, -0.05) is 36.4 Å². The summed E-state index contributed by atoms with van der Waals surface area (Å²) in [5, 5.41) is 7.30. The van der Waals surface area contributed by atoms with Gasteiger partial charge in [0.25, 0.3) is 0 Å². The molecule has 0 unspecified atom stereocenters. The number of likely N-dealkylation sites (N-methyl/N-ethyl adjacent to an activating group) is 1. The molecular formula is C21H22N4O. The highest BCUT2D eigenvalue weighted by Gasteiger charge is 2.28. The van der Waals surface area contributed by atoms with Crippen molar-refractivity contribution in [2.45, 2.75) is 25.6 Å². The Kier molecular flexibility index (Phi) is 4.54. The summed E-state index contributed by atoms with van der Waals surface area (Å²) in [5.74, 6) is 0.0816. The number of fused-ring (bicyclic) bond motifs is 1. The highest BCUT2D eigenvalue weighted by atomic mass is 16.2. The van der Waals surface area contributed by atoms with Gasteiger partial charge in [0.15, 0.2) is 0 Å². The highest BCUT2D eigenvalue weighted by molar-refractivity contribution is 5.82. The van der Waals surface area contributed by atoms with Crippen LogP contribution in [0.15, 0.2) is 67.0 Å². The molecule has 0 aliphatic carbocycles. The van der Waals surface area contributed by atoms with Gasteiger partial charge in [0.05, 0.1) is 11.7 Å². The quantitative estimate of drug-likeness (QED) is 0.790. The molecule has 2 heterocycles. The molecule has 1 amide bonds. The largest absolute Gasteiger partial charge is 0.351 e. The van der Waals surface area contributed by atoms with Crippen LogP contribution in [0, 0.1) is 0 Å². The maximum Gasteiger partial charge on any atom is 0.237 e. The molecule has 0 radical (unpaired) electrons. The van der Waals surface area contributed by atoms with Crippen LogP contribution in [0.5, 0.6) is 0 Å². The number of aromatic nitrogens is 2. The maximum atomic E-state index is 12.7. The smallest absolute Gasteiger partial charge is 0.237 e. The SMILES string of the molecule is CN1Cc2ccccc2C[C@H]1C(=O)NCc1ccc(-n2cccn2)cc1. The summed E-state index contributed by atoms with van der Waals surface area (Å²) >= 11 is 0. The maximum absolute atomic E-state index is 12.7. The average Bonchev–Trinajstić information content (AvgIpc) is 3.21. The van der Waals surface area contributed by atoms with E-state index in [0.29, 0.717) is 6.54 Å². The third-order valence-corrected chi connectivity index (χ3v) is 4.96. The predicted octanol–water partition coefficient (Wildman–Crippen LogP) is 2.55. The van der Waals surface area contributed by atoms with Crippen LogP contribution in [0.1, 0.15) is 16.7 Å². The number of nitrogens with one attached hydrogen (secondary N) is 1. The molecule has 1 aliphatic heterocycles. The Labute approximate surface area is 153 Å². The molecule has 5 nitrogen and oxygen atoms in total. The summed E-state index contributed by atoms with van der Waals surface area (Å²) in [7, 11) is 2.01. The summed E-state index contributed by atoms with van der Waals surface area (Å²) in [6, 6.07) is 18.2. The number of hydrogen-bond donors (Lipinski definition) is 1. The molecule has 26 heavy (non-hydrogen) atoms. The van der Waals surface area contributed by atoms with Crippen LogP contribution < -0.4 is 5.32 Å². The van der Waals surface area contributed by atoms with Gasteiger partial charge in [0.2, 0.25) is 5.91 Å². The summed E-state index contributed by atoms with van der Waals surface area (Å²) in [5.41, 5.74) is 4.67. The zero-order valence-electron chi connectivity index (χ0n) is 14.8. The number of hydrogen-bond acceptors (Lipinski definition) is 3. The van der Waals surface area contributed by atoms with Gasteiger partial charge in [0, 0.05) is 25.5 Å². The predicted molar refractivity (Wildman–Crippen MR) is 101 cm³/mol. The zero-order valence-corrected chi connectivity index (χ0v) is 14.8. The van der Waals surface area contributed by atoms with Crippen LogP contribution >= 0.6 is 0 Å². The van der Waals surface area contributed by atoms with Gasteiger partial charge in [-0.25, -0.2) is 4.68 Å². The Balaban J connectivity index is 1.38. The second-order valence-corrected chi connectivity index (χ2v) is 6.74. The number of benzene rings is 2.